The standard InChI is InChI=1S/C22H28N4O2/c1-15(2)28-16(3)24-18-12-13-26(14-18)19-10-8-17(9-11-19)22(27)25-21-7-5-4-6-20(21)23/h4-11,15,18,24H,3,12-14,23H2,1-2H3,(H,25,27)/t18-/m0/s1. The first-order valence-corrected chi connectivity index (χ1v) is 9.55. The number of benzene rings is 2. The molecule has 0 unspecified atom stereocenters. The third kappa shape index (κ3) is 4.97. The fourth-order valence-corrected chi connectivity index (χ4v) is 3.29. The Morgan fingerprint density at radius 3 is 2.61 bits per heavy atom. The van der Waals surface area contributed by atoms with E-state index in [-0.39, 0.29) is 12.0 Å². The molecule has 1 saturated heterocycles. The number of rotatable bonds is 7. The number of carbonyl (C=O) groups excluding carboxylic acids is 1. The predicted octanol–water partition coefficient (Wildman–Crippen LogP) is 3.59. The summed E-state index contributed by atoms with van der Waals surface area (Å²) in [5, 5.41) is 6.19. The van der Waals surface area contributed by atoms with Crippen molar-refractivity contribution in [3.63, 3.8) is 0 Å². The topological polar surface area (TPSA) is 79.6 Å². The predicted molar refractivity (Wildman–Crippen MR) is 114 cm³/mol. The number of hydrogen-bond donors (Lipinski definition) is 3. The zero-order valence-electron chi connectivity index (χ0n) is 16.4. The van der Waals surface area contributed by atoms with Crippen molar-refractivity contribution >= 4 is 23.0 Å². The van der Waals surface area contributed by atoms with Crippen LogP contribution in [-0.2, 0) is 4.74 Å². The zero-order valence-corrected chi connectivity index (χ0v) is 16.4. The van der Waals surface area contributed by atoms with Crippen molar-refractivity contribution in [2.24, 2.45) is 0 Å². The van der Waals surface area contributed by atoms with E-state index in [0.717, 1.165) is 25.2 Å². The van der Waals surface area contributed by atoms with E-state index >= 15 is 0 Å². The van der Waals surface area contributed by atoms with Gasteiger partial charge in [0.15, 0.2) is 5.88 Å². The van der Waals surface area contributed by atoms with Gasteiger partial charge in [-0.05, 0) is 63.2 Å². The minimum atomic E-state index is -0.174. The van der Waals surface area contributed by atoms with E-state index in [0.29, 0.717) is 28.9 Å². The number of nitrogen functional groups attached to an aromatic ring is 1. The molecule has 0 aliphatic carbocycles. The van der Waals surface area contributed by atoms with Gasteiger partial charge in [0, 0.05) is 30.4 Å². The number of hydrogen-bond acceptors (Lipinski definition) is 5. The summed E-state index contributed by atoms with van der Waals surface area (Å²) in [5.74, 6) is 0.446. The second kappa shape index (κ2) is 8.69. The molecule has 0 aromatic heterocycles. The van der Waals surface area contributed by atoms with Gasteiger partial charge in [-0.25, -0.2) is 0 Å². The fourth-order valence-electron chi connectivity index (χ4n) is 3.29. The molecule has 2 aromatic carbocycles. The Hall–Kier alpha value is -3.15. The number of ether oxygens (including phenoxy) is 1. The van der Waals surface area contributed by atoms with Crippen molar-refractivity contribution in [3.05, 3.63) is 66.6 Å². The molecule has 1 atom stereocenters. The van der Waals surface area contributed by atoms with Gasteiger partial charge in [0.25, 0.3) is 5.91 Å². The number of nitrogens with zero attached hydrogens (tertiary/aromatic N) is 1. The highest BCUT2D eigenvalue weighted by atomic mass is 16.5. The number of amides is 1. The summed E-state index contributed by atoms with van der Waals surface area (Å²) < 4.78 is 5.57. The van der Waals surface area contributed by atoms with Gasteiger partial charge >= 0.3 is 0 Å². The first-order valence-electron chi connectivity index (χ1n) is 9.55. The quantitative estimate of drug-likeness (QED) is 0.505. The maximum absolute atomic E-state index is 12.4. The molecule has 148 valence electrons. The summed E-state index contributed by atoms with van der Waals surface area (Å²) in [5.41, 5.74) is 8.74. The van der Waals surface area contributed by atoms with Crippen molar-refractivity contribution in [3.8, 4) is 0 Å². The molecule has 4 N–H and O–H groups in total. The van der Waals surface area contributed by atoms with Crippen LogP contribution >= 0.6 is 0 Å². The molecular weight excluding hydrogens is 352 g/mol. The van der Waals surface area contributed by atoms with Gasteiger partial charge in [-0.1, -0.05) is 12.1 Å². The summed E-state index contributed by atoms with van der Waals surface area (Å²) in [7, 11) is 0. The van der Waals surface area contributed by atoms with Crippen LogP contribution in [0.15, 0.2) is 61.0 Å². The maximum Gasteiger partial charge on any atom is 0.255 e. The lowest BCUT2D eigenvalue weighted by molar-refractivity contribution is 0.102. The van der Waals surface area contributed by atoms with E-state index in [1.54, 1.807) is 12.1 Å². The summed E-state index contributed by atoms with van der Waals surface area (Å²) in [6.45, 7) is 9.70. The van der Waals surface area contributed by atoms with Gasteiger partial charge in [-0.2, -0.15) is 0 Å². The molecular formula is C22H28N4O2. The van der Waals surface area contributed by atoms with Gasteiger partial charge in [-0.3, -0.25) is 4.79 Å². The lowest BCUT2D eigenvalue weighted by Gasteiger charge is -2.21. The molecule has 1 fully saturated rings. The van der Waals surface area contributed by atoms with Gasteiger partial charge in [0.1, 0.15) is 0 Å². The lowest BCUT2D eigenvalue weighted by Crippen LogP contribution is -2.33. The Morgan fingerprint density at radius 1 is 1.21 bits per heavy atom. The minimum Gasteiger partial charge on any atom is -0.477 e. The average molecular weight is 380 g/mol. The van der Waals surface area contributed by atoms with E-state index in [1.165, 1.54) is 0 Å². The molecule has 1 aliphatic heterocycles. The van der Waals surface area contributed by atoms with Crippen LogP contribution < -0.4 is 21.3 Å². The SMILES string of the molecule is C=C(N[C@H]1CCN(c2ccc(C(=O)Nc3ccccc3N)cc2)C1)OC(C)C. The smallest absolute Gasteiger partial charge is 0.255 e. The molecule has 1 heterocycles. The summed E-state index contributed by atoms with van der Waals surface area (Å²) >= 11 is 0. The highest BCUT2D eigenvalue weighted by Crippen LogP contribution is 2.23. The average Bonchev–Trinajstić information content (AvgIpc) is 3.11. The van der Waals surface area contributed by atoms with E-state index in [4.69, 9.17) is 10.5 Å². The van der Waals surface area contributed by atoms with Gasteiger partial charge < -0.3 is 26.0 Å². The molecule has 0 spiro atoms. The van der Waals surface area contributed by atoms with Crippen LogP contribution in [-0.4, -0.2) is 31.1 Å². The number of para-hydroxylation sites is 2. The van der Waals surface area contributed by atoms with Crippen LogP contribution in [0.3, 0.4) is 0 Å². The Kier molecular flexibility index (Phi) is 6.09. The van der Waals surface area contributed by atoms with Crippen molar-refractivity contribution in [2.75, 3.05) is 29.0 Å². The Labute approximate surface area is 166 Å². The molecule has 2 aromatic rings. The molecule has 28 heavy (non-hydrogen) atoms. The van der Waals surface area contributed by atoms with E-state index in [9.17, 15) is 4.79 Å². The third-order valence-corrected chi connectivity index (χ3v) is 4.63. The first-order chi connectivity index (χ1) is 13.4. The zero-order chi connectivity index (χ0) is 20.1. The Bertz CT molecular complexity index is 833. The van der Waals surface area contributed by atoms with E-state index < -0.39 is 0 Å². The van der Waals surface area contributed by atoms with Crippen molar-refractivity contribution in [1.82, 2.24) is 5.32 Å². The van der Waals surface area contributed by atoms with Crippen LogP contribution in [0.5, 0.6) is 0 Å². The monoisotopic (exact) mass is 380 g/mol. The first kappa shape index (κ1) is 19.6. The molecule has 6 nitrogen and oxygen atoms in total. The number of carbonyl (C=O) groups is 1. The molecule has 1 amide bonds. The summed E-state index contributed by atoms with van der Waals surface area (Å²) in [6.07, 6.45) is 1.12. The molecule has 0 saturated carbocycles. The van der Waals surface area contributed by atoms with Crippen LogP contribution in [0.1, 0.15) is 30.6 Å². The Balaban J connectivity index is 1.56. The van der Waals surface area contributed by atoms with Crippen LogP contribution in [0.2, 0.25) is 0 Å². The van der Waals surface area contributed by atoms with Gasteiger partial charge in [-0.15, -0.1) is 0 Å². The summed E-state index contributed by atoms with van der Waals surface area (Å²) in [6, 6.07) is 15.2. The van der Waals surface area contributed by atoms with Crippen LogP contribution in [0.4, 0.5) is 17.1 Å². The van der Waals surface area contributed by atoms with Crippen molar-refractivity contribution < 1.29 is 9.53 Å². The van der Waals surface area contributed by atoms with Crippen LogP contribution in [0, 0.1) is 0 Å². The maximum atomic E-state index is 12.4. The van der Waals surface area contributed by atoms with Gasteiger partial charge in [0.2, 0.25) is 0 Å². The molecule has 3 rings (SSSR count). The van der Waals surface area contributed by atoms with Crippen molar-refractivity contribution in [2.45, 2.75) is 32.4 Å². The normalized spacial score (nSPS) is 16.1. The molecule has 1 aliphatic rings. The largest absolute Gasteiger partial charge is 0.477 e. The number of anilines is 3. The van der Waals surface area contributed by atoms with Crippen LogP contribution in [0.25, 0.3) is 0 Å². The second-order valence-corrected chi connectivity index (χ2v) is 7.25. The number of nitrogens with two attached hydrogens (primary N) is 1. The highest BCUT2D eigenvalue weighted by Gasteiger charge is 2.23. The van der Waals surface area contributed by atoms with E-state index in [1.807, 2.05) is 50.2 Å². The second-order valence-electron chi connectivity index (χ2n) is 7.25. The fraction of sp³-hybridized carbons (Fsp3) is 0.318. The molecule has 0 bridgehead atoms. The minimum absolute atomic E-state index is 0.113. The van der Waals surface area contributed by atoms with Crippen molar-refractivity contribution in [1.29, 1.82) is 0 Å². The number of nitrogens with one attached hydrogen (secondary N) is 2. The van der Waals surface area contributed by atoms with E-state index in [2.05, 4.69) is 22.1 Å². The van der Waals surface area contributed by atoms with Gasteiger partial charge in [0.05, 0.1) is 17.5 Å². The molecule has 0 radical (unpaired) electrons. The lowest BCUT2D eigenvalue weighted by atomic mass is 10.1. The Morgan fingerprint density at radius 2 is 1.93 bits per heavy atom. The summed E-state index contributed by atoms with van der Waals surface area (Å²) in [4.78, 5) is 14.7. The highest BCUT2D eigenvalue weighted by molar-refractivity contribution is 6.05. The third-order valence-electron chi connectivity index (χ3n) is 4.63. The molecule has 6 heteroatoms.